The van der Waals surface area contributed by atoms with Crippen molar-refractivity contribution < 1.29 is 9.90 Å². The topological polar surface area (TPSA) is 133 Å². The number of benzene rings is 1. The number of hydrogen-bond donors (Lipinski definition) is 3. The van der Waals surface area contributed by atoms with Crippen molar-refractivity contribution in [3.63, 3.8) is 0 Å². The smallest absolute Gasteiger partial charge is 0.226 e. The number of anilines is 3. The van der Waals surface area contributed by atoms with Crippen LogP contribution in [0.25, 0.3) is 11.3 Å². The Morgan fingerprint density at radius 3 is 2.26 bits per heavy atom. The number of nitrogens with two attached hydrogens (primary N) is 1. The van der Waals surface area contributed by atoms with Gasteiger partial charge in [0.2, 0.25) is 5.95 Å². The molecule has 0 radical (unpaired) electrons. The molecule has 3 aliphatic rings. The monoisotopic (exact) mass is 574 g/mol. The molecule has 2 saturated heterocycles. The number of carbonyl (C=O) groups excluding carboxylic acids is 1. The predicted octanol–water partition coefficient (Wildman–Crippen LogP) is 4.95. The predicted molar refractivity (Wildman–Crippen MR) is 169 cm³/mol. The molecule has 2 atom stereocenters. The SMILES string of the molecule is CC.CCNCC.Nc1nnc(-c2ccccc2O)cc1N1CC2CCC(C1)N2c1nccc(C2CCC(=O)CC2)n1. The molecule has 1 saturated carbocycles. The molecular weight excluding hydrogens is 528 g/mol. The van der Waals surface area contributed by atoms with E-state index in [0.717, 1.165) is 69.2 Å². The fourth-order valence-electron chi connectivity index (χ4n) is 6.09. The van der Waals surface area contributed by atoms with Crippen LogP contribution in [0.15, 0.2) is 42.6 Å². The molecule has 42 heavy (non-hydrogen) atoms. The number of ketones is 1. The number of fused-ring (bicyclic) bond motifs is 2. The zero-order valence-electron chi connectivity index (χ0n) is 25.5. The Morgan fingerprint density at radius 2 is 1.64 bits per heavy atom. The first-order valence-corrected chi connectivity index (χ1v) is 15.5. The Kier molecular flexibility index (Phi) is 11.1. The van der Waals surface area contributed by atoms with Crippen LogP contribution in [0.5, 0.6) is 5.75 Å². The van der Waals surface area contributed by atoms with E-state index in [1.54, 1.807) is 12.1 Å². The minimum absolute atomic E-state index is 0.168. The maximum absolute atomic E-state index is 11.7. The Labute approximate surface area is 249 Å². The average molecular weight is 575 g/mol. The first kappa shape index (κ1) is 31.2. The maximum Gasteiger partial charge on any atom is 0.226 e. The summed E-state index contributed by atoms with van der Waals surface area (Å²) in [5, 5.41) is 21.8. The van der Waals surface area contributed by atoms with Crippen molar-refractivity contribution in [3.8, 4) is 17.0 Å². The zero-order chi connectivity index (χ0) is 30.1. The van der Waals surface area contributed by atoms with Crippen molar-refractivity contribution in [2.24, 2.45) is 0 Å². The molecule has 2 aromatic heterocycles. The van der Waals surface area contributed by atoms with Gasteiger partial charge in [0, 0.05) is 61.4 Å². The number of aromatic nitrogens is 4. The number of piperazine rings is 1. The molecule has 226 valence electrons. The highest BCUT2D eigenvalue weighted by Crippen LogP contribution is 2.38. The number of carbonyl (C=O) groups is 1. The highest BCUT2D eigenvalue weighted by Gasteiger charge is 2.42. The molecule has 10 nitrogen and oxygen atoms in total. The van der Waals surface area contributed by atoms with Gasteiger partial charge in [-0.25, -0.2) is 9.97 Å². The molecule has 2 bridgehead atoms. The van der Waals surface area contributed by atoms with Crippen LogP contribution in [-0.4, -0.2) is 69.3 Å². The molecule has 1 aliphatic carbocycles. The first-order valence-electron chi connectivity index (χ1n) is 15.5. The molecule has 2 aliphatic heterocycles. The van der Waals surface area contributed by atoms with Crippen LogP contribution in [0, 0.1) is 0 Å². The standard InChI is InChI=1S/C26H29N7O2.C4H11N.C2H6/c27-25-23(13-22(30-31-25)20-3-1-2-4-24(20)35)32-14-17-7-8-18(15-32)33(17)26-28-12-11-21(29-26)16-5-9-19(34)10-6-16;1-3-5-4-2;1-2/h1-4,11-13,16-18,35H,5-10,14-15H2,(H2,27,31);5H,3-4H2,1-2H3;1-2H3. The van der Waals surface area contributed by atoms with Crippen molar-refractivity contribution in [2.75, 3.05) is 41.7 Å². The van der Waals surface area contributed by atoms with Crippen LogP contribution >= 0.6 is 0 Å². The third kappa shape index (κ3) is 7.15. The number of aromatic hydroxyl groups is 1. The minimum Gasteiger partial charge on any atom is -0.507 e. The van der Waals surface area contributed by atoms with Crippen LogP contribution in [-0.2, 0) is 4.79 Å². The number of nitrogens with one attached hydrogen (secondary N) is 1. The van der Waals surface area contributed by atoms with Crippen LogP contribution in [0.4, 0.5) is 17.5 Å². The van der Waals surface area contributed by atoms with Gasteiger partial charge >= 0.3 is 0 Å². The van der Waals surface area contributed by atoms with E-state index in [0.29, 0.717) is 41.6 Å². The third-order valence-electron chi connectivity index (χ3n) is 8.16. The molecule has 6 rings (SSSR count). The number of nitrogen functional groups attached to an aromatic ring is 1. The van der Waals surface area contributed by atoms with Crippen molar-refractivity contribution in [3.05, 3.63) is 48.3 Å². The Morgan fingerprint density at radius 1 is 0.976 bits per heavy atom. The van der Waals surface area contributed by atoms with Gasteiger partial charge in [0.05, 0.1) is 11.4 Å². The van der Waals surface area contributed by atoms with Crippen LogP contribution in [0.1, 0.15) is 77.8 Å². The van der Waals surface area contributed by atoms with Crippen LogP contribution < -0.4 is 20.9 Å². The highest BCUT2D eigenvalue weighted by molar-refractivity contribution is 5.79. The molecule has 2 unspecified atom stereocenters. The summed E-state index contributed by atoms with van der Waals surface area (Å²) < 4.78 is 0. The van der Waals surface area contributed by atoms with Gasteiger partial charge in [0.15, 0.2) is 5.82 Å². The summed E-state index contributed by atoms with van der Waals surface area (Å²) >= 11 is 0. The number of hydrogen-bond acceptors (Lipinski definition) is 10. The summed E-state index contributed by atoms with van der Waals surface area (Å²) in [5.41, 5.74) is 9.40. The second kappa shape index (κ2) is 14.9. The van der Waals surface area contributed by atoms with E-state index >= 15 is 0 Å². The van der Waals surface area contributed by atoms with Gasteiger partial charge in [-0.3, -0.25) is 4.79 Å². The Hall–Kier alpha value is -3.79. The lowest BCUT2D eigenvalue weighted by atomic mass is 9.86. The van der Waals surface area contributed by atoms with E-state index in [-0.39, 0.29) is 17.8 Å². The maximum atomic E-state index is 11.7. The Bertz CT molecular complexity index is 1290. The fourth-order valence-corrected chi connectivity index (χ4v) is 6.09. The van der Waals surface area contributed by atoms with Crippen LogP contribution in [0.3, 0.4) is 0 Å². The van der Waals surface area contributed by atoms with Gasteiger partial charge in [-0.1, -0.05) is 39.8 Å². The second-order valence-corrected chi connectivity index (χ2v) is 10.8. The van der Waals surface area contributed by atoms with Crippen molar-refractivity contribution in [1.29, 1.82) is 0 Å². The number of rotatable bonds is 6. The molecule has 3 fully saturated rings. The van der Waals surface area contributed by atoms with Gasteiger partial charge in [-0.05, 0) is 63.0 Å². The average Bonchev–Trinajstić information content (AvgIpc) is 3.29. The number of Topliss-reactive ketones (excluding diaryl/α,β-unsaturated/α-hetero) is 1. The molecule has 4 N–H and O–H groups in total. The first-order chi connectivity index (χ1) is 20.5. The lowest BCUT2D eigenvalue weighted by Crippen LogP contribution is -2.54. The van der Waals surface area contributed by atoms with Gasteiger partial charge in [-0.15, -0.1) is 10.2 Å². The normalized spacial score (nSPS) is 20.0. The highest BCUT2D eigenvalue weighted by atomic mass is 16.3. The quantitative estimate of drug-likeness (QED) is 0.371. The van der Waals surface area contributed by atoms with Gasteiger partial charge in [-0.2, -0.15) is 0 Å². The number of para-hydroxylation sites is 1. The molecule has 1 aromatic carbocycles. The largest absolute Gasteiger partial charge is 0.507 e. The summed E-state index contributed by atoms with van der Waals surface area (Å²) in [4.78, 5) is 25.9. The molecule has 10 heteroatoms. The van der Waals surface area contributed by atoms with Crippen molar-refractivity contribution in [2.45, 2.75) is 84.2 Å². The Balaban J connectivity index is 0.000000526. The van der Waals surface area contributed by atoms with E-state index in [1.807, 2.05) is 44.3 Å². The number of nitrogens with zero attached hydrogens (tertiary/aromatic N) is 6. The molecule has 4 heterocycles. The van der Waals surface area contributed by atoms with E-state index in [4.69, 9.17) is 10.7 Å². The van der Waals surface area contributed by atoms with Gasteiger partial charge in [0.1, 0.15) is 11.5 Å². The van der Waals surface area contributed by atoms with E-state index in [9.17, 15) is 9.90 Å². The van der Waals surface area contributed by atoms with E-state index < -0.39 is 0 Å². The number of phenols is 1. The minimum atomic E-state index is 0.168. The lowest BCUT2D eigenvalue weighted by Gasteiger charge is -2.42. The van der Waals surface area contributed by atoms with Gasteiger partial charge < -0.3 is 26.0 Å². The molecular formula is C32H46N8O2. The number of phenolic OH excluding ortho intramolecular Hbond substituents is 1. The van der Waals surface area contributed by atoms with Gasteiger partial charge in [0.25, 0.3) is 0 Å². The summed E-state index contributed by atoms with van der Waals surface area (Å²) in [5.74, 6) is 2.05. The molecule has 0 amide bonds. The second-order valence-electron chi connectivity index (χ2n) is 10.8. The summed E-state index contributed by atoms with van der Waals surface area (Å²) in [7, 11) is 0. The third-order valence-corrected chi connectivity index (χ3v) is 8.16. The molecule has 0 spiro atoms. The lowest BCUT2D eigenvalue weighted by molar-refractivity contribution is -0.120. The molecule has 3 aromatic rings. The van der Waals surface area contributed by atoms with Crippen LogP contribution in [0.2, 0.25) is 0 Å². The summed E-state index contributed by atoms with van der Waals surface area (Å²) in [6, 6.07) is 11.6. The summed E-state index contributed by atoms with van der Waals surface area (Å²) in [6.07, 6.45) is 7.06. The van der Waals surface area contributed by atoms with E-state index in [2.05, 4.69) is 44.1 Å². The van der Waals surface area contributed by atoms with Crippen molar-refractivity contribution >= 4 is 23.2 Å². The van der Waals surface area contributed by atoms with E-state index in [1.165, 1.54) is 0 Å². The zero-order valence-corrected chi connectivity index (χ0v) is 25.5. The van der Waals surface area contributed by atoms with Crippen molar-refractivity contribution in [1.82, 2.24) is 25.5 Å². The summed E-state index contributed by atoms with van der Waals surface area (Å²) in [6.45, 7) is 12.0. The fraction of sp³-hybridized carbons (Fsp3) is 0.531.